The van der Waals surface area contributed by atoms with E-state index in [4.69, 9.17) is 21.3 Å². The summed E-state index contributed by atoms with van der Waals surface area (Å²) >= 11 is 0. The van der Waals surface area contributed by atoms with Gasteiger partial charge >= 0.3 is 0 Å². The number of imidazole rings is 2. The summed E-state index contributed by atoms with van der Waals surface area (Å²) in [6, 6.07) is 7.85. The lowest BCUT2D eigenvalue weighted by Crippen LogP contribution is -2.33. The van der Waals surface area contributed by atoms with Gasteiger partial charge in [-0.2, -0.15) is 4.98 Å². The van der Waals surface area contributed by atoms with Crippen molar-refractivity contribution in [1.29, 1.82) is 0 Å². The second-order valence-electron chi connectivity index (χ2n) is 7.66. The highest BCUT2D eigenvalue weighted by Gasteiger charge is 2.44. The molecule has 0 bridgehead atoms. The molecule has 0 spiro atoms. The Kier molecular flexibility index (Phi) is 5.33. The minimum absolute atomic E-state index is 0.0388. The van der Waals surface area contributed by atoms with Crippen molar-refractivity contribution in [2.45, 2.75) is 24.5 Å². The maximum atomic E-state index is 11.7. The van der Waals surface area contributed by atoms with Crippen LogP contribution in [0.25, 0.3) is 33.1 Å². The number of rotatable bonds is 2. The predicted molar refractivity (Wildman–Crippen MR) is 121 cm³/mol. The van der Waals surface area contributed by atoms with E-state index in [0.717, 1.165) is 21.9 Å². The fourth-order valence-electron chi connectivity index (χ4n) is 3.88. The molecule has 1 fully saturated rings. The summed E-state index contributed by atoms with van der Waals surface area (Å²) in [5.74, 6) is 0.328. The van der Waals surface area contributed by atoms with Crippen LogP contribution < -0.4 is 17.0 Å². The quantitative estimate of drug-likeness (QED) is 0.167. The van der Waals surface area contributed by atoms with E-state index in [1.165, 1.54) is 10.9 Å². The Hall–Kier alpha value is -4.11. The molecule has 6 rings (SSSR count). The van der Waals surface area contributed by atoms with Gasteiger partial charge in [-0.25, -0.2) is 9.97 Å². The third-order valence-electron chi connectivity index (χ3n) is 5.49. The number of nitrogens with one attached hydrogen (secondary N) is 2. The van der Waals surface area contributed by atoms with Crippen LogP contribution in [0, 0.1) is 0 Å². The molecule has 4 atom stereocenters. The number of anilines is 2. The lowest BCUT2D eigenvalue weighted by molar-refractivity contribution is -0.0511. The Morgan fingerprint density at radius 1 is 1.03 bits per heavy atom. The highest BCUT2D eigenvalue weighted by atomic mass is 16.6. The second-order valence-corrected chi connectivity index (χ2v) is 7.66. The van der Waals surface area contributed by atoms with Gasteiger partial charge in [0.25, 0.3) is 5.56 Å². The highest BCUT2D eigenvalue weighted by Crippen LogP contribution is 2.30. The van der Waals surface area contributed by atoms with Crippen LogP contribution in [0.4, 0.5) is 11.9 Å². The molecule has 4 aromatic heterocycles. The second kappa shape index (κ2) is 8.35. The summed E-state index contributed by atoms with van der Waals surface area (Å²) in [6.45, 7) is -0.447. The van der Waals surface area contributed by atoms with Gasteiger partial charge in [0, 0.05) is 11.6 Å². The van der Waals surface area contributed by atoms with Gasteiger partial charge in [0.05, 0.1) is 29.5 Å². The number of pyridine rings is 1. The van der Waals surface area contributed by atoms with Crippen LogP contribution in [0.3, 0.4) is 0 Å². The number of hydrogen-bond donors (Lipinski definition) is 7. The molecule has 14 heteroatoms. The van der Waals surface area contributed by atoms with Gasteiger partial charge in [0.2, 0.25) is 5.95 Å². The Bertz CT molecular complexity index is 1540. The van der Waals surface area contributed by atoms with Crippen LogP contribution in [0.15, 0.2) is 41.6 Å². The number of hydrogen-bond acceptors (Lipinski definition) is 11. The molecule has 9 N–H and O–H groups in total. The molecular formula is C20H21N9O5. The Morgan fingerprint density at radius 3 is 2.59 bits per heavy atom. The van der Waals surface area contributed by atoms with E-state index in [1.54, 1.807) is 6.20 Å². The molecular weight excluding hydrogens is 446 g/mol. The van der Waals surface area contributed by atoms with Gasteiger partial charge in [0.1, 0.15) is 18.3 Å². The van der Waals surface area contributed by atoms with Crippen molar-refractivity contribution in [1.82, 2.24) is 34.5 Å². The van der Waals surface area contributed by atoms with Gasteiger partial charge in [-0.05, 0) is 12.1 Å². The van der Waals surface area contributed by atoms with Crippen molar-refractivity contribution < 1.29 is 20.1 Å². The van der Waals surface area contributed by atoms with E-state index in [-0.39, 0.29) is 17.1 Å². The van der Waals surface area contributed by atoms with Crippen LogP contribution in [-0.2, 0) is 4.74 Å². The number of nitrogens with two attached hydrogens (primary N) is 2. The van der Waals surface area contributed by atoms with Crippen LogP contribution in [0.1, 0.15) is 6.23 Å². The Balaban J connectivity index is 0.000000150. The molecule has 1 aliphatic rings. The largest absolute Gasteiger partial charge is 0.394 e. The minimum Gasteiger partial charge on any atom is -0.394 e. The zero-order chi connectivity index (χ0) is 24.0. The number of nitrogens with zero attached hydrogens (tertiary/aromatic N) is 5. The summed E-state index contributed by atoms with van der Waals surface area (Å²) in [5, 5.41) is 29.8. The van der Waals surface area contributed by atoms with E-state index < -0.39 is 36.7 Å². The third kappa shape index (κ3) is 3.60. The monoisotopic (exact) mass is 467 g/mol. The first-order chi connectivity index (χ1) is 16.4. The lowest BCUT2D eigenvalue weighted by Gasteiger charge is -2.16. The first-order valence-corrected chi connectivity index (χ1v) is 10.2. The van der Waals surface area contributed by atoms with Crippen molar-refractivity contribution in [3.63, 3.8) is 0 Å². The molecule has 0 amide bonds. The predicted octanol–water partition coefficient (Wildman–Crippen LogP) is -0.993. The zero-order valence-corrected chi connectivity index (χ0v) is 17.5. The molecule has 0 radical (unpaired) electrons. The van der Waals surface area contributed by atoms with Crippen LogP contribution in [-0.4, -0.2) is 74.7 Å². The number of benzene rings is 1. The van der Waals surface area contributed by atoms with Crippen LogP contribution in [0.2, 0.25) is 0 Å². The smallest absolute Gasteiger partial charge is 0.280 e. The number of aliphatic hydroxyl groups is 3. The van der Waals surface area contributed by atoms with Crippen molar-refractivity contribution >= 4 is 45.0 Å². The fourth-order valence-corrected chi connectivity index (χ4v) is 3.88. The zero-order valence-electron chi connectivity index (χ0n) is 17.5. The Morgan fingerprint density at radius 2 is 1.82 bits per heavy atom. The molecule has 1 saturated heterocycles. The van der Waals surface area contributed by atoms with Gasteiger partial charge in [-0.3, -0.25) is 19.3 Å². The SMILES string of the molecule is Nc1nc2c(ncn2[C@@H]2O[C@H](CO)[C@@H](O)[C@H]2O)c(=O)[nH]1.Nc1nc2ccc3cccnc3c2[nH]1. The van der Waals surface area contributed by atoms with Crippen molar-refractivity contribution in [3.8, 4) is 0 Å². The van der Waals surface area contributed by atoms with Gasteiger partial charge in [-0.1, -0.05) is 12.1 Å². The average Bonchev–Trinajstić information content (AvgIpc) is 3.49. The van der Waals surface area contributed by atoms with E-state index in [0.29, 0.717) is 5.95 Å². The molecule has 1 aromatic carbocycles. The minimum atomic E-state index is -1.29. The normalized spacial score (nSPS) is 22.3. The summed E-state index contributed by atoms with van der Waals surface area (Å²) in [4.78, 5) is 33.2. The summed E-state index contributed by atoms with van der Waals surface area (Å²) in [7, 11) is 0. The first kappa shape index (κ1) is 21.7. The molecule has 0 saturated carbocycles. The fraction of sp³-hybridized carbons (Fsp3) is 0.250. The number of H-pyrrole nitrogens is 2. The molecule has 0 unspecified atom stereocenters. The van der Waals surface area contributed by atoms with E-state index in [9.17, 15) is 15.0 Å². The average molecular weight is 467 g/mol. The maximum absolute atomic E-state index is 11.7. The standard InChI is InChI=1S/C10H13N5O5.C10H8N4/c11-10-13-7-4(8(19)14-10)12-2-15(7)9-6(18)5(17)3(1-16)20-9;11-10-13-7-4-3-6-2-1-5-12-8(6)9(7)14-10/h2-3,5-6,9,16-18H,1H2,(H3,11,13,14,19);1-5H,(H3,11,13,14)/t3-,5-,6-,9-;/m1./s1. The maximum Gasteiger partial charge on any atom is 0.280 e. The molecule has 5 heterocycles. The van der Waals surface area contributed by atoms with Crippen LogP contribution in [0.5, 0.6) is 0 Å². The van der Waals surface area contributed by atoms with E-state index in [1.807, 2.05) is 24.3 Å². The lowest BCUT2D eigenvalue weighted by atomic mass is 10.1. The summed E-state index contributed by atoms with van der Waals surface area (Å²) in [6.07, 6.45) is -1.45. The molecule has 5 aromatic rings. The molecule has 0 aliphatic carbocycles. The van der Waals surface area contributed by atoms with Crippen LogP contribution >= 0.6 is 0 Å². The molecule has 176 valence electrons. The number of fused-ring (bicyclic) bond motifs is 4. The van der Waals surface area contributed by atoms with Crippen molar-refractivity contribution in [3.05, 3.63) is 47.1 Å². The summed E-state index contributed by atoms with van der Waals surface area (Å²) in [5.41, 5.74) is 13.4. The van der Waals surface area contributed by atoms with Gasteiger partial charge in [-0.15, -0.1) is 0 Å². The highest BCUT2D eigenvalue weighted by molar-refractivity contribution is 6.01. The van der Waals surface area contributed by atoms with Gasteiger partial charge in [0.15, 0.2) is 23.3 Å². The molecule has 14 nitrogen and oxygen atoms in total. The van der Waals surface area contributed by atoms with E-state index >= 15 is 0 Å². The van der Waals surface area contributed by atoms with Gasteiger partial charge < -0.3 is 36.5 Å². The molecule has 34 heavy (non-hydrogen) atoms. The third-order valence-corrected chi connectivity index (χ3v) is 5.49. The van der Waals surface area contributed by atoms with E-state index in [2.05, 4.69) is 29.9 Å². The first-order valence-electron chi connectivity index (χ1n) is 10.2. The number of aromatic amines is 2. The number of aromatic nitrogens is 7. The number of ether oxygens (including phenoxy) is 1. The Labute approximate surface area is 189 Å². The number of nitrogen functional groups attached to an aromatic ring is 2. The summed E-state index contributed by atoms with van der Waals surface area (Å²) < 4.78 is 6.64. The van der Waals surface area contributed by atoms with Crippen molar-refractivity contribution in [2.24, 2.45) is 0 Å². The number of aliphatic hydroxyl groups excluding tert-OH is 3. The topological polar surface area (TPSA) is 227 Å². The molecule has 1 aliphatic heterocycles. The van der Waals surface area contributed by atoms with Crippen molar-refractivity contribution in [2.75, 3.05) is 18.1 Å².